The van der Waals surface area contributed by atoms with Gasteiger partial charge in [-0.3, -0.25) is 4.79 Å². The molecule has 2 aromatic rings. The number of hydrogen-bond acceptors (Lipinski definition) is 4. The number of thioether (sulfide) groups is 1. The minimum atomic E-state index is -4.35. The van der Waals surface area contributed by atoms with Gasteiger partial charge < -0.3 is 9.74 Å². The number of hydrogen-bond donors (Lipinski definition) is 0. The highest BCUT2D eigenvalue weighted by Crippen LogP contribution is 2.32. The predicted molar refractivity (Wildman–Crippen MR) is 99.7 cm³/mol. The number of alkyl halides is 3. The van der Waals surface area contributed by atoms with Crippen LogP contribution in [0.1, 0.15) is 16.7 Å². The lowest BCUT2D eigenvalue weighted by atomic mass is 10.0. The van der Waals surface area contributed by atoms with E-state index in [0.717, 1.165) is 17.7 Å². The molecule has 0 aromatic heterocycles. The van der Waals surface area contributed by atoms with Crippen LogP contribution in [0.25, 0.3) is 0 Å². The quantitative estimate of drug-likeness (QED) is 0.412. The van der Waals surface area contributed by atoms with E-state index >= 15 is 0 Å². The zero-order valence-corrected chi connectivity index (χ0v) is 15.9. The maximum absolute atomic E-state index is 12.7. The van der Waals surface area contributed by atoms with Crippen molar-refractivity contribution >= 4 is 23.4 Å². The van der Waals surface area contributed by atoms with Gasteiger partial charge in [0.2, 0.25) is 0 Å². The summed E-state index contributed by atoms with van der Waals surface area (Å²) in [5, 5.41) is 3.86. The molecular formula is C19H19F3N2O2S. The van der Waals surface area contributed by atoms with Crippen molar-refractivity contribution in [1.29, 1.82) is 0 Å². The lowest BCUT2D eigenvalue weighted by Crippen LogP contribution is -2.31. The Morgan fingerprint density at radius 1 is 1.11 bits per heavy atom. The summed E-state index contributed by atoms with van der Waals surface area (Å²) in [5.74, 6) is 0.161. The molecule has 0 atom stereocenters. The Balaban J connectivity index is 2.23. The lowest BCUT2D eigenvalue weighted by Gasteiger charge is -2.15. The number of nitrogens with zero attached hydrogens (tertiary/aromatic N) is 2. The molecule has 0 bridgehead atoms. The molecule has 27 heavy (non-hydrogen) atoms. The van der Waals surface area contributed by atoms with E-state index in [1.807, 2.05) is 12.1 Å². The molecule has 144 valence electrons. The van der Waals surface area contributed by atoms with Crippen LogP contribution in [-0.2, 0) is 21.6 Å². The van der Waals surface area contributed by atoms with E-state index < -0.39 is 11.7 Å². The van der Waals surface area contributed by atoms with Crippen molar-refractivity contribution in [2.75, 3.05) is 21.2 Å². The molecule has 1 amide bonds. The highest BCUT2D eigenvalue weighted by Gasteiger charge is 2.30. The lowest BCUT2D eigenvalue weighted by molar-refractivity contribution is -0.137. The Labute approximate surface area is 160 Å². The van der Waals surface area contributed by atoms with E-state index in [4.69, 9.17) is 4.84 Å². The van der Waals surface area contributed by atoms with Crippen LogP contribution in [0.2, 0.25) is 0 Å². The van der Waals surface area contributed by atoms with E-state index in [-0.39, 0.29) is 11.6 Å². The summed E-state index contributed by atoms with van der Waals surface area (Å²) >= 11 is 1.37. The minimum absolute atomic E-state index is 0.172. The standard InChI is InChI=1S/C19H19F3N2O2S/c1-24(2)18(25)17(23-26-3)16-7-5-4-6-13(16)12-27-15-10-8-14(9-11-15)19(20,21)22/h4-11H,12H2,1-3H3. The van der Waals surface area contributed by atoms with E-state index in [1.54, 1.807) is 26.2 Å². The number of oxime groups is 1. The maximum atomic E-state index is 12.7. The Hall–Kier alpha value is -2.48. The zero-order valence-electron chi connectivity index (χ0n) is 15.1. The first-order valence-corrected chi connectivity index (χ1v) is 8.93. The summed E-state index contributed by atoms with van der Waals surface area (Å²) in [6.07, 6.45) is -4.35. The van der Waals surface area contributed by atoms with Gasteiger partial charge in [0.15, 0.2) is 5.71 Å². The molecule has 0 fully saturated rings. The van der Waals surface area contributed by atoms with E-state index in [9.17, 15) is 18.0 Å². The number of benzene rings is 2. The van der Waals surface area contributed by atoms with Gasteiger partial charge >= 0.3 is 6.18 Å². The van der Waals surface area contributed by atoms with Crippen molar-refractivity contribution in [2.45, 2.75) is 16.8 Å². The molecular weight excluding hydrogens is 377 g/mol. The molecule has 0 aliphatic carbocycles. The molecule has 0 saturated heterocycles. The molecule has 0 saturated carbocycles. The molecule has 2 rings (SSSR count). The second-order valence-corrected chi connectivity index (χ2v) is 6.84. The van der Waals surface area contributed by atoms with E-state index in [0.29, 0.717) is 16.2 Å². The Morgan fingerprint density at radius 2 is 1.74 bits per heavy atom. The second kappa shape index (κ2) is 8.94. The summed E-state index contributed by atoms with van der Waals surface area (Å²) in [7, 11) is 4.60. The summed E-state index contributed by atoms with van der Waals surface area (Å²) < 4.78 is 38.0. The van der Waals surface area contributed by atoms with Crippen LogP contribution >= 0.6 is 11.8 Å². The van der Waals surface area contributed by atoms with Gasteiger partial charge in [-0.25, -0.2) is 0 Å². The first-order valence-electron chi connectivity index (χ1n) is 7.95. The van der Waals surface area contributed by atoms with Crippen molar-refractivity contribution in [3.8, 4) is 0 Å². The molecule has 0 spiro atoms. The van der Waals surface area contributed by atoms with Gasteiger partial charge in [-0.2, -0.15) is 13.2 Å². The van der Waals surface area contributed by atoms with Gasteiger partial charge in [-0.05, 0) is 29.8 Å². The average Bonchev–Trinajstić information content (AvgIpc) is 2.64. The number of halogens is 3. The topological polar surface area (TPSA) is 41.9 Å². The van der Waals surface area contributed by atoms with E-state index in [2.05, 4.69) is 5.16 Å². The fraction of sp³-hybridized carbons (Fsp3) is 0.263. The van der Waals surface area contributed by atoms with Crippen LogP contribution in [0.3, 0.4) is 0 Å². The number of likely N-dealkylation sites (N-methyl/N-ethyl adjacent to an activating group) is 1. The molecule has 0 unspecified atom stereocenters. The van der Waals surface area contributed by atoms with Crippen molar-refractivity contribution in [2.24, 2.45) is 5.16 Å². The molecule has 2 aromatic carbocycles. The van der Waals surface area contributed by atoms with Crippen molar-refractivity contribution in [1.82, 2.24) is 4.90 Å². The Morgan fingerprint density at radius 3 is 2.30 bits per heavy atom. The molecule has 4 nitrogen and oxygen atoms in total. The molecule has 0 N–H and O–H groups in total. The summed E-state index contributed by atoms with van der Waals surface area (Å²) in [4.78, 5) is 19.3. The van der Waals surface area contributed by atoms with Crippen molar-refractivity contribution in [3.05, 3.63) is 65.2 Å². The van der Waals surface area contributed by atoms with Gasteiger partial charge in [-0.1, -0.05) is 29.4 Å². The SMILES string of the molecule is CON=C(C(=O)N(C)C)c1ccccc1CSc1ccc(C(F)(F)F)cc1. The normalized spacial score (nSPS) is 12.0. The summed E-state index contributed by atoms with van der Waals surface area (Å²) in [6, 6.07) is 12.2. The average molecular weight is 396 g/mol. The molecule has 8 heteroatoms. The van der Waals surface area contributed by atoms with Crippen LogP contribution in [0, 0.1) is 0 Å². The third kappa shape index (κ3) is 5.50. The number of carbonyl (C=O) groups excluding carboxylic acids is 1. The third-order valence-corrected chi connectivity index (χ3v) is 4.70. The minimum Gasteiger partial charge on any atom is -0.398 e. The molecule has 0 radical (unpaired) electrons. The maximum Gasteiger partial charge on any atom is 0.416 e. The van der Waals surface area contributed by atoms with Gasteiger partial charge in [0, 0.05) is 30.3 Å². The first-order chi connectivity index (χ1) is 12.7. The van der Waals surface area contributed by atoms with Crippen LogP contribution in [-0.4, -0.2) is 37.7 Å². The highest BCUT2D eigenvalue weighted by atomic mass is 32.2. The number of rotatable bonds is 6. The Bertz CT molecular complexity index is 818. The van der Waals surface area contributed by atoms with Crippen LogP contribution < -0.4 is 0 Å². The monoisotopic (exact) mass is 396 g/mol. The fourth-order valence-corrected chi connectivity index (χ4v) is 3.19. The predicted octanol–water partition coefficient (Wildman–Crippen LogP) is 4.44. The molecule has 0 aliphatic heterocycles. The van der Waals surface area contributed by atoms with Crippen LogP contribution in [0.5, 0.6) is 0 Å². The van der Waals surface area contributed by atoms with Gasteiger partial charge in [0.25, 0.3) is 5.91 Å². The molecule has 0 aliphatic rings. The van der Waals surface area contributed by atoms with Crippen LogP contribution in [0.4, 0.5) is 13.2 Å². The number of amides is 1. The Kier molecular flexibility index (Phi) is 6.90. The van der Waals surface area contributed by atoms with Crippen molar-refractivity contribution in [3.63, 3.8) is 0 Å². The fourth-order valence-electron chi connectivity index (χ4n) is 2.28. The molecule has 0 heterocycles. The summed E-state index contributed by atoms with van der Waals surface area (Å²) in [5.41, 5.74) is 0.940. The summed E-state index contributed by atoms with van der Waals surface area (Å²) in [6.45, 7) is 0. The zero-order chi connectivity index (χ0) is 20.0. The number of carbonyl (C=O) groups is 1. The van der Waals surface area contributed by atoms with Gasteiger partial charge in [0.05, 0.1) is 5.56 Å². The highest BCUT2D eigenvalue weighted by molar-refractivity contribution is 7.98. The van der Waals surface area contributed by atoms with Crippen molar-refractivity contribution < 1.29 is 22.8 Å². The third-order valence-electron chi connectivity index (χ3n) is 3.64. The second-order valence-electron chi connectivity index (χ2n) is 5.79. The first kappa shape index (κ1) is 20.8. The van der Waals surface area contributed by atoms with E-state index in [1.165, 1.54) is 35.9 Å². The largest absolute Gasteiger partial charge is 0.416 e. The smallest absolute Gasteiger partial charge is 0.398 e. The van der Waals surface area contributed by atoms with Crippen LogP contribution in [0.15, 0.2) is 58.6 Å². The van der Waals surface area contributed by atoms with Gasteiger partial charge in [0.1, 0.15) is 7.11 Å². The van der Waals surface area contributed by atoms with Gasteiger partial charge in [-0.15, -0.1) is 11.8 Å².